The molecule has 110 valence electrons. The molecular formula is C15H22N2O3. The second-order valence-corrected chi connectivity index (χ2v) is 5.75. The first-order chi connectivity index (χ1) is 9.59. The van der Waals surface area contributed by atoms with Crippen molar-refractivity contribution in [2.75, 3.05) is 26.8 Å². The number of ether oxygens (including phenoxy) is 1. The van der Waals surface area contributed by atoms with Crippen LogP contribution in [-0.4, -0.2) is 47.8 Å². The second kappa shape index (κ2) is 6.33. The molecule has 0 aliphatic carbocycles. The highest BCUT2D eigenvalue weighted by molar-refractivity contribution is 5.77. The van der Waals surface area contributed by atoms with Crippen LogP contribution in [0.3, 0.4) is 0 Å². The van der Waals surface area contributed by atoms with E-state index in [9.17, 15) is 9.90 Å². The minimum absolute atomic E-state index is 0.129. The number of esters is 1. The predicted molar refractivity (Wildman–Crippen MR) is 75.0 cm³/mol. The SMILES string of the molecule is COC(=O)C(c1cccnc1)N1CCCC(C)(CO)C1. The maximum Gasteiger partial charge on any atom is 0.327 e. The highest BCUT2D eigenvalue weighted by Gasteiger charge is 2.37. The van der Waals surface area contributed by atoms with E-state index >= 15 is 0 Å². The molecule has 20 heavy (non-hydrogen) atoms. The standard InChI is InChI=1S/C15H22N2O3/c1-15(11-18)6-4-8-17(10-15)13(14(19)20-2)12-5-3-7-16-9-12/h3,5,7,9,13,18H,4,6,8,10-11H2,1-2H3. The van der Waals surface area contributed by atoms with E-state index < -0.39 is 6.04 Å². The number of piperidine rings is 1. The zero-order chi connectivity index (χ0) is 14.6. The fraction of sp³-hybridized carbons (Fsp3) is 0.600. The number of aromatic nitrogens is 1. The molecule has 2 heterocycles. The lowest BCUT2D eigenvalue weighted by Gasteiger charge is -2.42. The van der Waals surface area contributed by atoms with E-state index in [1.165, 1.54) is 7.11 Å². The number of hydrogen-bond donors (Lipinski definition) is 1. The molecule has 0 aromatic carbocycles. The number of carbonyl (C=O) groups is 1. The fourth-order valence-electron chi connectivity index (χ4n) is 2.85. The Bertz CT molecular complexity index is 452. The summed E-state index contributed by atoms with van der Waals surface area (Å²) in [7, 11) is 1.40. The number of pyridine rings is 1. The number of nitrogens with zero attached hydrogens (tertiary/aromatic N) is 2. The van der Waals surface area contributed by atoms with Crippen molar-refractivity contribution in [1.29, 1.82) is 0 Å². The highest BCUT2D eigenvalue weighted by Crippen LogP contribution is 2.34. The van der Waals surface area contributed by atoms with Gasteiger partial charge in [-0.2, -0.15) is 0 Å². The van der Waals surface area contributed by atoms with Crippen molar-refractivity contribution in [2.24, 2.45) is 5.41 Å². The molecule has 1 aliphatic rings. The third-order valence-corrected chi connectivity index (χ3v) is 3.98. The average Bonchev–Trinajstić information content (AvgIpc) is 2.48. The van der Waals surface area contributed by atoms with E-state index in [-0.39, 0.29) is 18.0 Å². The van der Waals surface area contributed by atoms with Gasteiger partial charge in [-0.3, -0.25) is 9.88 Å². The number of hydrogen-bond acceptors (Lipinski definition) is 5. The Balaban J connectivity index is 2.26. The number of methoxy groups -OCH3 is 1. The molecule has 0 spiro atoms. The Kier molecular flexibility index (Phi) is 4.73. The molecule has 1 saturated heterocycles. The third-order valence-electron chi connectivity index (χ3n) is 3.98. The first-order valence-corrected chi connectivity index (χ1v) is 6.92. The van der Waals surface area contributed by atoms with Crippen molar-refractivity contribution in [3.63, 3.8) is 0 Å². The van der Waals surface area contributed by atoms with Gasteiger partial charge < -0.3 is 9.84 Å². The second-order valence-electron chi connectivity index (χ2n) is 5.75. The third kappa shape index (κ3) is 3.16. The number of aliphatic hydroxyl groups is 1. The maximum atomic E-state index is 12.2. The van der Waals surface area contributed by atoms with Gasteiger partial charge in [-0.1, -0.05) is 13.0 Å². The monoisotopic (exact) mass is 278 g/mol. The minimum Gasteiger partial charge on any atom is -0.468 e. The Morgan fingerprint density at radius 3 is 3.05 bits per heavy atom. The lowest BCUT2D eigenvalue weighted by Crippen LogP contribution is -2.47. The first-order valence-electron chi connectivity index (χ1n) is 6.92. The van der Waals surface area contributed by atoms with Crippen molar-refractivity contribution in [3.05, 3.63) is 30.1 Å². The van der Waals surface area contributed by atoms with Crippen LogP contribution in [0.2, 0.25) is 0 Å². The number of likely N-dealkylation sites (tertiary alicyclic amines) is 1. The molecule has 1 aromatic heterocycles. The van der Waals surface area contributed by atoms with Gasteiger partial charge in [0.25, 0.3) is 0 Å². The van der Waals surface area contributed by atoms with Crippen LogP contribution in [-0.2, 0) is 9.53 Å². The summed E-state index contributed by atoms with van der Waals surface area (Å²) in [6.07, 6.45) is 5.32. The summed E-state index contributed by atoms with van der Waals surface area (Å²) in [5, 5.41) is 9.56. The first kappa shape index (κ1) is 14.9. The molecule has 0 bridgehead atoms. The van der Waals surface area contributed by atoms with Crippen molar-refractivity contribution in [1.82, 2.24) is 9.88 Å². The van der Waals surface area contributed by atoms with Crippen molar-refractivity contribution >= 4 is 5.97 Å². The molecular weight excluding hydrogens is 256 g/mol. The predicted octanol–water partition coefficient (Wildman–Crippen LogP) is 1.39. The fourth-order valence-corrected chi connectivity index (χ4v) is 2.85. The van der Waals surface area contributed by atoms with Crippen LogP contribution in [0.4, 0.5) is 0 Å². The summed E-state index contributed by atoms with van der Waals surface area (Å²) in [6.45, 7) is 3.68. The number of carbonyl (C=O) groups excluding carboxylic acids is 1. The highest BCUT2D eigenvalue weighted by atomic mass is 16.5. The normalized spacial score (nSPS) is 25.1. The van der Waals surface area contributed by atoms with E-state index in [1.807, 2.05) is 12.1 Å². The van der Waals surface area contributed by atoms with Crippen LogP contribution in [0.1, 0.15) is 31.4 Å². The topological polar surface area (TPSA) is 62.7 Å². The molecule has 0 radical (unpaired) electrons. The van der Waals surface area contributed by atoms with Crippen LogP contribution >= 0.6 is 0 Å². The lowest BCUT2D eigenvalue weighted by atomic mass is 9.82. The van der Waals surface area contributed by atoms with Gasteiger partial charge in [0.05, 0.1) is 7.11 Å². The van der Waals surface area contributed by atoms with Crippen LogP contribution in [0.25, 0.3) is 0 Å². The Hall–Kier alpha value is -1.46. The quantitative estimate of drug-likeness (QED) is 0.843. The molecule has 1 N–H and O–H groups in total. The van der Waals surface area contributed by atoms with E-state index in [1.54, 1.807) is 12.4 Å². The van der Waals surface area contributed by atoms with Gasteiger partial charge in [-0.05, 0) is 31.0 Å². The molecule has 2 atom stereocenters. The van der Waals surface area contributed by atoms with Gasteiger partial charge in [-0.25, -0.2) is 4.79 Å². The van der Waals surface area contributed by atoms with Crippen molar-refractivity contribution in [3.8, 4) is 0 Å². The van der Waals surface area contributed by atoms with E-state index in [0.717, 1.165) is 24.9 Å². The van der Waals surface area contributed by atoms with Crippen LogP contribution in [0, 0.1) is 5.41 Å². The lowest BCUT2D eigenvalue weighted by molar-refractivity contribution is -0.149. The van der Waals surface area contributed by atoms with Crippen molar-refractivity contribution < 1.29 is 14.6 Å². The van der Waals surface area contributed by atoms with E-state index in [4.69, 9.17) is 4.74 Å². The van der Waals surface area contributed by atoms with Gasteiger partial charge in [0, 0.05) is 31.0 Å². The maximum absolute atomic E-state index is 12.2. The molecule has 0 saturated carbocycles. The average molecular weight is 278 g/mol. The Morgan fingerprint density at radius 1 is 1.65 bits per heavy atom. The number of rotatable bonds is 4. The molecule has 1 aromatic rings. The molecule has 1 aliphatic heterocycles. The molecule has 5 nitrogen and oxygen atoms in total. The van der Waals surface area contributed by atoms with Gasteiger partial charge in [0.15, 0.2) is 0 Å². The van der Waals surface area contributed by atoms with Crippen LogP contribution in [0.5, 0.6) is 0 Å². The molecule has 5 heteroatoms. The largest absolute Gasteiger partial charge is 0.468 e. The minimum atomic E-state index is -0.445. The zero-order valence-corrected chi connectivity index (χ0v) is 12.1. The smallest absolute Gasteiger partial charge is 0.327 e. The summed E-state index contributed by atoms with van der Waals surface area (Å²) in [5.41, 5.74) is 0.675. The van der Waals surface area contributed by atoms with Gasteiger partial charge in [-0.15, -0.1) is 0 Å². The molecule has 0 amide bonds. The molecule has 2 unspecified atom stereocenters. The molecule has 2 rings (SSSR count). The summed E-state index contributed by atoms with van der Waals surface area (Å²) in [5.74, 6) is -0.278. The van der Waals surface area contributed by atoms with Crippen LogP contribution < -0.4 is 0 Å². The summed E-state index contributed by atoms with van der Waals surface area (Å²) < 4.78 is 4.95. The summed E-state index contributed by atoms with van der Waals surface area (Å²) >= 11 is 0. The Morgan fingerprint density at radius 2 is 2.45 bits per heavy atom. The van der Waals surface area contributed by atoms with Gasteiger partial charge in [0.2, 0.25) is 0 Å². The van der Waals surface area contributed by atoms with Crippen molar-refractivity contribution in [2.45, 2.75) is 25.8 Å². The summed E-state index contributed by atoms with van der Waals surface area (Å²) in [6, 6.07) is 3.26. The number of aliphatic hydroxyl groups excluding tert-OH is 1. The summed E-state index contributed by atoms with van der Waals surface area (Å²) in [4.78, 5) is 18.3. The molecule has 1 fully saturated rings. The van der Waals surface area contributed by atoms with Gasteiger partial charge >= 0.3 is 5.97 Å². The zero-order valence-electron chi connectivity index (χ0n) is 12.1. The van der Waals surface area contributed by atoms with E-state index in [2.05, 4.69) is 16.8 Å². The Labute approximate surface area is 119 Å². The van der Waals surface area contributed by atoms with Crippen LogP contribution in [0.15, 0.2) is 24.5 Å². The van der Waals surface area contributed by atoms with E-state index in [0.29, 0.717) is 6.54 Å². The van der Waals surface area contributed by atoms with Gasteiger partial charge in [0.1, 0.15) is 6.04 Å².